The molecule has 2 amide bonds. The molecular formula is C14H18N2O3S. The highest BCUT2D eigenvalue weighted by molar-refractivity contribution is 8.00. The lowest BCUT2D eigenvalue weighted by molar-refractivity contribution is -0.140. The molecule has 1 N–H and O–H groups in total. The molecule has 1 aliphatic rings. The molecule has 1 aromatic carbocycles. The maximum Gasteiger partial charge on any atom is 0.242 e. The molecule has 1 atom stereocenters. The zero-order chi connectivity index (χ0) is 14.5. The molecule has 0 saturated carbocycles. The normalized spacial score (nSPS) is 18.6. The Morgan fingerprint density at radius 1 is 1.45 bits per heavy atom. The smallest absolute Gasteiger partial charge is 0.242 e. The number of hydrogen-bond donors (Lipinski definition) is 1. The number of rotatable bonds is 4. The van der Waals surface area contributed by atoms with Crippen molar-refractivity contribution in [3.63, 3.8) is 0 Å². The Morgan fingerprint density at radius 2 is 2.15 bits per heavy atom. The number of piperazine rings is 1. The summed E-state index contributed by atoms with van der Waals surface area (Å²) in [5, 5.41) is 2.75. The fraction of sp³-hybridized carbons (Fsp3) is 0.429. The summed E-state index contributed by atoms with van der Waals surface area (Å²) in [6.45, 7) is 2.86. The fourth-order valence-corrected chi connectivity index (χ4v) is 2.81. The number of amides is 2. The van der Waals surface area contributed by atoms with Crippen molar-refractivity contribution in [2.75, 3.05) is 26.0 Å². The first-order valence-corrected chi connectivity index (χ1v) is 7.44. The summed E-state index contributed by atoms with van der Waals surface area (Å²) >= 11 is 1.47. The Hall–Kier alpha value is -1.69. The van der Waals surface area contributed by atoms with Crippen LogP contribution in [0.2, 0.25) is 0 Å². The van der Waals surface area contributed by atoms with Crippen LogP contribution in [0, 0.1) is 0 Å². The van der Waals surface area contributed by atoms with Crippen molar-refractivity contribution < 1.29 is 14.3 Å². The van der Waals surface area contributed by atoms with Gasteiger partial charge in [-0.2, -0.15) is 0 Å². The minimum Gasteiger partial charge on any atom is -0.497 e. The van der Waals surface area contributed by atoms with Gasteiger partial charge in [-0.05, 0) is 31.2 Å². The van der Waals surface area contributed by atoms with Crippen LogP contribution < -0.4 is 10.1 Å². The Kier molecular flexibility index (Phi) is 4.89. The predicted molar refractivity (Wildman–Crippen MR) is 77.9 cm³/mol. The largest absolute Gasteiger partial charge is 0.497 e. The standard InChI is InChI=1S/C14H18N2O3S/c1-10-14(18)15-7-8-16(10)13(17)9-20-12-5-3-11(19-2)4-6-12/h3-6,10H,7-9H2,1-2H3,(H,15,18). The zero-order valence-electron chi connectivity index (χ0n) is 11.6. The highest BCUT2D eigenvalue weighted by atomic mass is 32.2. The van der Waals surface area contributed by atoms with Crippen molar-refractivity contribution >= 4 is 23.6 Å². The summed E-state index contributed by atoms with van der Waals surface area (Å²) < 4.78 is 5.09. The molecule has 0 aromatic heterocycles. The van der Waals surface area contributed by atoms with E-state index in [9.17, 15) is 9.59 Å². The van der Waals surface area contributed by atoms with Crippen LogP contribution in [0.4, 0.5) is 0 Å². The van der Waals surface area contributed by atoms with Crippen LogP contribution in [0.1, 0.15) is 6.92 Å². The SMILES string of the molecule is COc1ccc(SCC(=O)N2CCNC(=O)C2C)cc1. The molecule has 0 aliphatic carbocycles. The summed E-state index contributed by atoms with van der Waals surface area (Å²) in [4.78, 5) is 26.3. The van der Waals surface area contributed by atoms with E-state index in [0.717, 1.165) is 10.6 Å². The van der Waals surface area contributed by atoms with E-state index in [4.69, 9.17) is 4.74 Å². The first-order valence-electron chi connectivity index (χ1n) is 6.46. The summed E-state index contributed by atoms with van der Waals surface area (Å²) in [5.74, 6) is 1.04. The zero-order valence-corrected chi connectivity index (χ0v) is 12.4. The lowest BCUT2D eigenvalue weighted by atomic mass is 10.2. The number of methoxy groups -OCH3 is 1. The molecule has 1 fully saturated rings. The second-order valence-corrected chi connectivity index (χ2v) is 5.57. The molecule has 108 valence electrons. The molecular weight excluding hydrogens is 276 g/mol. The van der Waals surface area contributed by atoms with E-state index in [1.54, 1.807) is 18.9 Å². The first-order chi connectivity index (χ1) is 9.61. The Labute approximate surface area is 122 Å². The second kappa shape index (κ2) is 6.65. The van der Waals surface area contributed by atoms with Crippen molar-refractivity contribution in [1.82, 2.24) is 10.2 Å². The lowest BCUT2D eigenvalue weighted by Crippen LogP contribution is -2.56. The molecule has 20 heavy (non-hydrogen) atoms. The van der Waals surface area contributed by atoms with E-state index in [1.165, 1.54) is 11.8 Å². The van der Waals surface area contributed by atoms with Gasteiger partial charge in [-0.1, -0.05) is 0 Å². The highest BCUT2D eigenvalue weighted by Crippen LogP contribution is 2.22. The summed E-state index contributed by atoms with van der Waals surface area (Å²) in [5.41, 5.74) is 0. The summed E-state index contributed by atoms with van der Waals surface area (Å²) in [6, 6.07) is 7.19. The third-order valence-corrected chi connectivity index (χ3v) is 4.24. The molecule has 5 nitrogen and oxygen atoms in total. The molecule has 0 bridgehead atoms. The highest BCUT2D eigenvalue weighted by Gasteiger charge is 2.28. The number of nitrogens with zero attached hydrogens (tertiary/aromatic N) is 1. The van der Waals surface area contributed by atoms with E-state index in [2.05, 4.69) is 5.32 Å². The predicted octanol–water partition coefficient (Wildman–Crippen LogP) is 1.13. The minimum atomic E-state index is -0.382. The van der Waals surface area contributed by atoms with Crippen molar-refractivity contribution in [3.05, 3.63) is 24.3 Å². The van der Waals surface area contributed by atoms with Crippen LogP contribution in [0.3, 0.4) is 0 Å². The summed E-state index contributed by atoms with van der Waals surface area (Å²) in [7, 11) is 1.62. The van der Waals surface area contributed by atoms with Gasteiger partial charge in [0.15, 0.2) is 0 Å². The van der Waals surface area contributed by atoms with Crippen molar-refractivity contribution in [2.24, 2.45) is 0 Å². The quantitative estimate of drug-likeness (QED) is 0.846. The molecule has 1 aromatic rings. The van der Waals surface area contributed by atoms with E-state index >= 15 is 0 Å². The van der Waals surface area contributed by atoms with E-state index in [-0.39, 0.29) is 17.9 Å². The molecule has 6 heteroatoms. The van der Waals surface area contributed by atoms with Gasteiger partial charge in [-0.15, -0.1) is 11.8 Å². The number of carbonyl (C=O) groups is 2. The Morgan fingerprint density at radius 3 is 2.80 bits per heavy atom. The number of thioether (sulfide) groups is 1. The second-order valence-electron chi connectivity index (χ2n) is 4.52. The van der Waals surface area contributed by atoms with Gasteiger partial charge < -0.3 is 15.0 Å². The van der Waals surface area contributed by atoms with Gasteiger partial charge in [-0.3, -0.25) is 9.59 Å². The average molecular weight is 294 g/mol. The monoisotopic (exact) mass is 294 g/mol. The van der Waals surface area contributed by atoms with Crippen LogP contribution in [-0.2, 0) is 9.59 Å². The maximum atomic E-state index is 12.2. The van der Waals surface area contributed by atoms with E-state index < -0.39 is 0 Å². The molecule has 1 aliphatic heterocycles. The van der Waals surface area contributed by atoms with Crippen LogP contribution in [0.15, 0.2) is 29.2 Å². The van der Waals surface area contributed by atoms with Crippen molar-refractivity contribution in [3.8, 4) is 5.75 Å². The molecule has 0 radical (unpaired) electrons. The fourth-order valence-electron chi connectivity index (χ4n) is 2.02. The molecule has 0 spiro atoms. The lowest BCUT2D eigenvalue weighted by Gasteiger charge is -2.32. The Balaban J connectivity index is 1.89. The van der Waals surface area contributed by atoms with E-state index in [0.29, 0.717) is 18.8 Å². The van der Waals surface area contributed by atoms with Crippen molar-refractivity contribution in [1.29, 1.82) is 0 Å². The number of benzene rings is 1. The van der Waals surface area contributed by atoms with Gasteiger partial charge in [0.05, 0.1) is 12.9 Å². The van der Waals surface area contributed by atoms with Gasteiger partial charge in [0.25, 0.3) is 0 Å². The van der Waals surface area contributed by atoms with Gasteiger partial charge in [0, 0.05) is 18.0 Å². The van der Waals surface area contributed by atoms with Gasteiger partial charge in [0.2, 0.25) is 11.8 Å². The minimum absolute atomic E-state index is 0.00633. The molecule has 1 unspecified atom stereocenters. The number of ether oxygens (including phenoxy) is 1. The summed E-state index contributed by atoms with van der Waals surface area (Å²) in [6.07, 6.45) is 0. The molecule has 1 saturated heterocycles. The number of carbonyl (C=O) groups excluding carboxylic acids is 2. The van der Waals surface area contributed by atoms with Crippen LogP contribution in [0.5, 0.6) is 5.75 Å². The first kappa shape index (κ1) is 14.7. The van der Waals surface area contributed by atoms with Crippen molar-refractivity contribution in [2.45, 2.75) is 17.9 Å². The van der Waals surface area contributed by atoms with Crippen LogP contribution >= 0.6 is 11.8 Å². The topological polar surface area (TPSA) is 58.6 Å². The van der Waals surface area contributed by atoms with Crippen LogP contribution in [0.25, 0.3) is 0 Å². The van der Waals surface area contributed by atoms with Crippen LogP contribution in [-0.4, -0.2) is 48.7 Å². The third kappa shape index (κ3) is 3.45. The number of hydrogen-bond acceptors (Lipinski definition) is 4. The Bertz CT molecular complexity index is 490. The average Bonchev–Trinajstić information content (AvgIpc) is 2.48. The maximum absolute atomic E-state index is 12.2. The van der Waals surface area contributed by atoms with Gasteiger partial charge in [0.1, 0.15) is 11.8 Å². The van der Waals surface area contributed by atoms with E-state index in [1.807, 2.05) is 24.3 Å². The third-order valence-electron chi connectivity index (χ3n) is 3.24. The number of nitrogens with one attached hydrogen (secondary N) is 1. The van der Waals surface area contributed by atoms with Gasteiger partial charge >= 0.3 is 0 Å². The van der Waals surface area contributed by atoms with Gasteiger partial charge in [-0.25, -0.2) is 0 Å². The molecule has 1 heterocycles. The molecule has 2 rings (SSSR count).